The second-order valence-electron chi connectivity index (χ2n) is 4.90. The third-order valence-corrected chi connectivity index (χ3v) is 3.10. The highest BCUT2D eigenvalue weighted by Gasteiger charge is 2.30. The van der Waals surface area contributed by atoms with Crippen LogP contribution >= 0.6 is 0 Å². The Balaban J connectivity index is 1.95. The van der Waals surface area contributed by atoms with Crippen molar-refractivity contribution in [1.82, 2.24) is 10.4 Å². The summed E-state index contributed by atoms with van der Waals surface area (Å²) in [6.07, 6.45) is -1.37. The molecule has 0 atom stereocenters. The van der Waals surface area contributed by atoms with Crippen molar-refractivity contribution < 1.29 is 22.8 Å². The van der Waals surface area contributed by atoms with E-state index in [1.54, 1.807) is 31.5 Å². The van der Waals surface area contributed by atoms with Crippen molar-refractivity contribution in [3.05, 3.63) is 59.9 Å². The van der Waals surface area contributed by atoms with Gasteiger partial charge >= 0.3 is 18.0 Å². The van der Waals surface area contributed by atoms with Crippen LogP contribution in [0.3, 0.4) is 0 Å². The minimum absolute atomic E-state index is 0.0583. The molecule has 1 aromatic heterocycles. The number of amides is 2. The summed E-state index contributed by atoms with van der Waals surface area (Å²) < 4.78 is 37.4. The van der Waals surface area contributed by atoms with E-state index in [0.717, 1.165) is 24.3 Å². The zero-order valence-corrected chi connectivity index (χ0v) is 13.0. The fourth-order valence-corrected chi connectivity index (χ4v) is 1.77. The predicted molar refractivity (Wildman–Crippen MR) is 84.7 cm³/mol. The highest BCUT2D eigenvalue weighted by Crippen LogP contribution is 2.29. The van der Waals surface area contributed by atoms with E-state index in [1.165, 1.54) is 0 Å². The van der Waals surface area contributed by atoms with Crippen LogP contribution in [-0.4, -0.2) is 22.5 Å². The van der Waals surface area contributed by atoms with Gasteiger partial charge in [-0.15, -0.1) is 0 Å². The quantitative estimate of drug-likeness (QED) is 0.507. The highest BCUT2D eigenvalue weighted by molar-refractivity contribution is 6.39. The molecule has 0 aliphatic carbocycles. The third kappa shape index (κ3) is 5.13. The lowest BCUT2D eigenvalue weighted by atomic mass is 10.2. The van der Waals surface area contributed by atoms with Crippen LogP contribution in [0.2, 0.25) is 0 Å². The number of hydrazone groups is 1. The second-order valence-corrected chi connectivity index (χ2v) is 4.90. The van der Waals surface area contributed by atoms with Crippen molar-refractivity contribution in [1.29, 1.82) is 0 Å². The van der Waals surface area contributed by atoms with Crippen LogP contribution in [0.4, 0.5) is 18.9 Å². The average Bonchev–Trinajstić information content (AvgIpc) is 2.59. The minimum atomic E-state index is -4.47. The predicted octanol–water partition coefficient (Wildman–Crippen LogP) is 2.58. The molecule has 0 saturated heterocycles. The first-order valence-electron chi connectivity index (χ1n) is 7.00. The summed E-state index contributed by atoms with van der Waals surface area (Å²) in [5, 5.41) is 5.97. The van der Waals surface area contributed by atoms with Crippen LogP contribution < -0.4 is 10.7 Å². The molecular formula is C16H13F3N4O2. The maximum atomic E-state index is 12.5. The van der Waals surface area contributed by atoms with Crippen molar-refractivity contribution in [2.75, 3.05) is 5.32 Å². The molecule has 0 aliphatic rings. The Kier molecular flexibility index (Phi) is 5.48. The number of rotatable bonds is 3. The van der Waals surface area contributed by atoms with Gasteiger partial charge in [0.15, 0.2) is 0 Å². The molecule has 0 saturated carbocycles. The van der Waals surface area contributed by atoms with Gasteiger partial charge in [0.25, 0.3) is 0 Å². The summed E-state index contributed by atoms with van der Waals surface area (Å²) in [5.74, 6) is -2.10. The molecule has 0 spiro atoms. The molecule has 2 rings (SSSR count). The normalized spacial score (nSPS) is 11.8. The number of pyridine rings is 1. The number of nitrogens with one attached hydrogen (secondary N) is 2. The Bertz CT molecular complexity index is 787. The molecule has 1 heterocycles. The number of hydrogen-bond donors (Lipinski definition) is 2. The van der Waals surface area contributed by atoms with Crippen LogP contribution in [0.15, 0.2) is 53.9 Å². The lowest BCUT2D eigenvalue weighted by Crippen LogP contribution is -2.33. The molecule has 130 valence electrons. The van der Waals surface area contributed by atoms with E-state index >= 15 is 0 Å². The van der Waals surface area contributed by atoms with Crippen LogP contribution in [0.25, 0.3) is 0 Å². The first-order valence-corrected chi connectivity index (χ1v) is 7.00. The monoisotopic (exact) mass is 350 g/mol. The van der Waals surface area contributed by atoms with Gasteiger partial charge in [0.2, 0.25) is 0 Å². The Hall–Kier alpha value is -3.23. The number of hydrogen-bond acceptors (Lipinski definition) is 4. The summed E-state index contributed by atoms with van der Waals surface area (Å²) >= 11 is 0. The first-order chi connectivity index (χ1) is 11.8. The maximum absolute atomic E-state index is 12.5. The Morgan fingerprint density at radius 1 is 1.00 bits per heavy atom. The van der Waals surface area contributed by atoms with E-state index in [1.807, 2.05) is 0 Å². The molecular weight excluding hydrogens is 337 g/mol. The third-order valence-electron chi connectivity index (χ3n) is 3.10. The van der Waals surface area contributed by atoms with E-state index in [0.29, 0.717) is 11.3 Å². The van der Waals surface area contributed by atoms with Gasteiger partial charge in [-0.25, -0.2) is 5.43 Å². The highest BCUT2D eigenvalue weighted by atomic mass is 19.4. The number of carbonyl (C=O) groups is 2. The minimum Gasteiger partial charge on any atom is -0.318 e. The second kappa shape index (κ2) is 7.56. The van der Waals surface area contributed by atoms with Crippen LogP contribution in [0.5, 0.6) is 0 Å². The number of aromatic nitrogens is 1. The van der Waals surface area contributed by atoms with Crippen molar-refractivity contribution in [2.45, 2.75) is 13.1 Å². The fourth-order valence-electron chi connectivity index (χ4n) is 1.77. The fraction of sp³-hybridized carbons (Fsp3) is 0.125. The smallest absolute Gasteiger partial charge is 0.318 e. The summed E-state index contributed by atoms with van der Waals surface area (Å²) in [7, 11) is 0. The summed E-state index contributed by atoms with van der Waals surface area (Å²) in [5.41, 5.74) is 2.44. The number of halogens is 3. The molecule has 9 heteroatoms. The molecule has 2 aromatic rings. The largest absolute Gasteiger partial charge is 0.416 e. The molecule has 0 aliphatic heterocycles. The molecule has 0 bridgehead atoms. The van der Waals surface area contributed by atoms with Gasteiger partial charge in [-0.05, 0) is 43.3 Å². The Morgan fingerprint density at radius 2 is 1.60 bits per heavy atom. The van der Waals surface area contributed by atoms with E-state index in [2.05, 4.69) is 20.8 Å². The number of carbonyl (C=O) groups excluding carboxylic acids is 2. The topological polar surface area (TPSA) is 83.5 Å². The Labute approximate surface area is 140 Å². The standard InChI is InChI=1S/C16H13F3N4O2/c1-10(11-6-8-20-9-7-11)22-23-15(25)14(24)21-13-4-2-12(3-5-13)16(17,18)19/h2-9H,1H3,(H,21,24)(H,23,25)/b22-10+. The molecule has 0 fully saturated rings. The van der Waals surface area contributed by atoms with Gasteiger partial charge in [-0.1, -0.05) is 0 Å². The SMILES string of the molecule is C/C(=N\NC(=O)C(=O)Nc1ccc(C(F)(F)F)cc1)c1ccncc1. The summed E-state index contributed by atoms with van der Waals surface area (Å²) in [4.78, 5) is 27.2. The maximum Gasteiger partial charge on any atom is 0.416 e. The summed E-state index contributed by atoms with van der Waals surface area (Å²) in [6.45, 7) is 1.63. The van der Waals surface area contributed by atoms with Crippen molar-refractivity contribution in [2.24, 2.45) is 5.10 Å². The zero-order chi connectivity index (χ0) is 18.4. The van der Waals surface area contributed by atoms with Crippen molar-refractivity contribution >= 4 is 23.2 Å². The average molecular weight is 350 g/mol. The summed E-state index contributed by atoms with van der Waals surface area (Å²) in [6, 6.07) is 7.07. The number of benzene rings is 1. The van der Waals surface area contributed by atoms with Crippen LogP contribution in [0.1, 0.15) is 18.1 Å². The van der Waals surface area contributed by atoms with E-state index in [9.17, 15) is 22.8 Å². The molecule has 0 radical (unpaired) electrons. The molecule has 6 nitrogen and oxygen atoms in total. The van der Waals surface area contributed by atoms with Crippen molar-refractivity contribution in [3.63, 3.8) is 0 Å². The molecule has 0 unspecified atom stereocenters. The number of anilines is 1. The van der Waals surface area contributed by atoms with E-state index in [4.69, 9.17) is 0 Å². The molecule has 2 amide bonds. The van der Waals surface area contributed by atoms with Gasteiger partial charge in [-0.3, -0.25) is 14.6 Å². The van der Waals surface area contributed by atoms with Crippen LogP contribution in [0, 0.1) is 0 Å². The van der Waals surface area contributed by atoms with Crippen LogP contribution in [-0.2, 0) is 15.8 Å². The number of alkyl halides is 3. The van der Waals surface area contributed by atoms with Gasteiger partial charge in [0, 0.05) is 23.6 Å². The lowest BCUT2D eigenvalue weighted by molar-refractivity contribution is -0.137. The van der Waals surface area contributed by atoms with Gasteiger partial charge in [0.05, 0.1) is 11.3 Å². The van der Waals surface area contributed by atoms with Gasteiger partial charge in [0.1, 0.15) is 0 Å². The zero-order valence-electron chi connectivity index (χ0n) is 13.0. The molecule has 25 heavy (non-hydrogen) atoms. The van der Waals surface area contributed by atoms with E-state index < -0.39 is 23.6 Å². The van der Waals surface area contributed by atoms with Gasteiger partial charge < -0.3 is 5.32 Å². The lowest BCUT2D eigenvalue weighted by Gasteiger charge is -2.08. The van der Waals surface area contributed by atoms with Gasteiger partial charge in [-0.2, -0.15) is 18.3 Å². The molecule has 2 N–H and O–H groups in total. The first kappa shape index (κ1) is 18.1. The molecule has 1 aromatic carbocycles. The van der Waals surface area contributed by atoms with E-state index in [-0.39, 0.29) is 5.69 Å². The number of nitrogens with zero attached hydrogens (tertiary/aromatic N) is 2. The van der Waals surface area contributed by atoms with Crippen molar-refractivity contribution in [3.8, 4) is 0 Å². The Morgan fingerprint density at radius 3 is 2.16 bits per heavy atom.